The van der Waals surface area contributed by atoms with Crippen molar-refractivity contribution in [3.05, 3.63) is 66.1 Å². The monoisotopic (exact) mass is 404 g/mol. The molecule has 1 fully saturated rings. The van der Waals surface area contributed by atoms with Crippen molar-refractivity contribution >= 4 is 22.7 Å². The number of nitrogens with one attached hydrogen (secondary N) is 2. The summed E-state index contributed by atoms with van der Waals surface area (Å²) in [5.41, 5.74) is 8.40. The fourth-order valence-electron chi connectivity index (χ4n) is 4.56. The minimum atomic E-state index is -0.931. The number of para-hydroxylation sites is 1. The van der Waals surface area contributed by atoms with Gasteiger partial charge in [0.05, 0.1) is 11.7 Å². The first-order chi connectivity index (χ1) is 14.6. The van der Waals surface area contributed by atoms with E-state index in [4.69, 9.17) is 5.73 Å². The highest BCUT2D eigenvalue weighted by Crippen LogP contribution is 2.34. The number of pyridine rings is 1. The molecule has 6 heteroatoms. The predicted octanol–water partition coefficient (Wildman–Crippen LogP) is 3.64. The van der Waals surface area contributed by atoms with Gasteiger partial charge in [0.1, 0.15) is 5.92 Å². The highest BCUT2D eigenvalue weighted by Gasteiger charge is 2.32. The van der Waals surface area contributed by atoms with Gasteiger partial charge < -0.3 is 16.0 Å². The quantitative estimate of drug-likeness (QED) is 0.524. The van der Waals surface area contributed by atoms with Crippen LogP contribution in [0.5, 0.6) is 0 Å². The molecular formula is C24H28N4O2. The van der Waals surface area contributed by atoms with Crippen molar-refractivity contribution in [2.75, 3.05) is 0 Å². The molecule has 1 aromatic carbocycles. The first kappa shape index (κ1) is 20.1. The van der Waals surface area contributed by atoms with Crippen molar-refractivity contribution in [3.8, 4) is 0 Å². The van der Waals surface area contributed by atoms with Gasteiger partial charge in [0.25, 0.3) is 0 Å². The summed E-state index contributed by atoms with van der Waals surface area (Å²) in [7, 11) is 0. The Kier molecular flexibility index (Phi) is 6.12. The zero-order valence-corrected chi connectivity index (χ0v) is 17.0. The van der Waals surface area contributed by atoms with Crippen LogP contribution in [-0.4, -0.2) is 21.8 Å². The molecule has 1 unspecified atom stereocenters. The molecule has 2 amide bonds. The number of rotatable bonds is 7. The van der Waals surface area contributed by atoms with E-state index < -0.39 is 11.8 Å². The van der Waals surface area contributed by atoms with Crippen LogP contribution >= 0.6 is 0 Å². The summed E-state index contributed by atoms with van der Waals surface area (Å²) in [4.78, 5) is 33.1. The van der Waals surface area contributed by atoms with Crippen molar-refractivity contribution < 1.29 is 9.59 Å². The van der Waals surface area contributed by atoms with Gasteiger partial charge in [0, 0.05) is 23.3 Å². The number of aromatic nitrogens is 2. The van der Waals surface area contributed by atoms with Crippen LogP contribution in [0.4, 0.5) is 0 Å². The SMILES string of the molecule is NC(=O)C(Cc1c[nH]c2ccccc12)C(=O)N[C@H](c1ccccn1)C1CCCCC1. The average Bonchev–Trinajstić information content (AvgIpc) is 3.19. The Balaban J connectivity index is 1.56. The van der Waals surface area contributed by atoms with Crippen LogP contribution in [-0.2, 0) is 16.0 Å². The standard InChI is InChI=1S/C24H28N4O2/c25-23(29)19(14-17-15-27-20-11-5-4-10-18(17)20)24(30)28-22(16-8-2-1-3-9-16)21-12-6-7-13-26-21/h4-7,10-13,15-16,19,22,27H,1-3,8-9,14H2,(H2,25,29)(H,28,30)/t19?,22-/m0/s1. The molecule has 1 aliphatic carbocycles. The number of hydrogen-bond donors (Lipinski definition) is 3. The highest BCUT2D eigenvalue weighted by atomic mass is 16.2. The number of fused-ring (bicyclic) bond motifs is 1. The second kappa shape index (κ2) is 9.11. The van der Waals surface area contributed by atoms with E-state index in [-0.39, 0.29) is 18.4 Å². The lowest BCUT2D eigenvalue weighted by atomic mass is 9.82. The van der Waals surface area contributed by atoms with Gasteiger partial charge in [0.2, 0.25) is 11.8 Å². The van der Waals surface area contributed by atoms with E-state index in [1.54, 1.807) is 6.20 Å². The van der Waals surface area contributed by atoms with Crippen LogP contribution in [0.2, 0.25) is 0 Å². The van der Waals surface area contributed by atoms with E-state index in [1.807, 2.05) is 48.7 Å². The van der Waals surface area contributed by atoms with Crippen molar-refractivity contribution in [1.82, 2.24) is 15.3 Å². The largest absolute Gasteiger partial charge is 0.369 e. The van der Waals surface area contributed by atoms with Crippen LogP contribution in [0.1, 0.15) is 49.4 Å². The number of nitrogens with two attached hydrogens (primary N) is 1. The zero-order valence-electron chi connectivity index (χ0n) is 17.0. The third-order valence-electron chi connectivity index (χ3n) is 6.18. The number of carbonyl (C=O) groups is 2. The summed E-state index contributed by atoms with van der Waals surface area (Å²) in [6.45, 7) is 0. The molecule has 156 valence electrons. The molecule has 1 aliphatic rings. The van der Waals surface area contributed by atoms with Crippen molar-refractivity contribution in [3.63, 3.8) is 0 Å². The summed E-state index contributed by atoms with van der Waals surface area (Å²) >= 11 is 0. The van der Waals surface area contributed by atoms with Gasteiger partial charge in [-0.25, -0.2) is 0 Å². The number of nitrogens with zero attached hydrogens (tertiary/aromatic N) is 1. The summed E-state index contributed by atoms with van der Waals surface area (Å²) in [5.74, 6) is -1.55. The molecule has 0 aliphatic heterocycles. The maximum atomic E-state index is 13.2. The summed E-state index contributed by atoms with van der Waals surface area (Å²) < 4.78 is 0. The molecule has 0 bridgehead atoms. The maximum absolute atomic E-state index is 13.2. The minimum Gasteiger partial charge on any atom is -0.369 e. The second-order valence-electron chi connectivity index (χ2n) is 8.16. The van der Waals surface area contributed by atoms with Gasteiger partial charge in [0.15, 0.2) is 0 Å². The third kappa shape index (κ3) is 4.37. The van der Waals surface area contributed by atoms with Crippen molar-refractivity contribution in [2.24, 2.45) is 17.6 Å². The Morgan fingerprint density at radius 2 is 1.87 bits per heavy atom. The number of primary amides is 1. The number of carbonyl (C=O) groups excluding carboxylic acids is 2. The zero-order chi connectivity index (χ0) is 20.9. The van der Waals surface area contributed by atoms with Crippen LogP contribution in [0.3, 0.4) is 0 Å². The van der Waals surface area contributed by atoms with Crippen LogP contribution in [0.15, 0.2) is 54.9 Å². The van der Waals surface area contributed by atoms with Gasteiger partial charge >= 0.3 is 0 Å². The smallest absolute Gasteiger partial charge is 0.233 e. The number of hydrogen-bond acceptors (Lipinski definition) is 3. The van der Waals surface area contributed by atoms with E-state index in [9.17, 15) is 9.59 Å². The fraction of sp³-hybridized carbons (Fsp3) is 0.375. The molecular weight excluding hydrogens is 376 g/mol. The van der Waals surface area contributed by atoms with Crippen molar-refractivity contribution in [2.45, 2.75) is 44.6 Å². The highest BCUT2D eigenvalue weighted by molar-refractivity contribution is 6.00. The third-order valence-corrected chi connectivity index (χ3v) is 6.18. The maximum Gasteiger partial charge on any atom is 0.233 e. The summed E-state index contributed by atoms with van der Waals surface area (Å²) in [5, 5.41) is 4.14. The van der Waals surface area contributed by atoms with Crippen molar-refractivity contribution in [1.29, 1.82) is 0 Å². The molecule has 6 nitrogen and oxygen atoms in total. The lowest BCUT2D eigenvalue weighted by Gasteiger charge is -2.31. The van der Waals surface area contributed by atoms with Gasteiger partial charge in [-0.05, 0) is 48.9 Å². The van der Waals surface area contributed by atoms with E-state index >= 15 is 0 Å². The number of benzene rings is 1. The molecule has 1 saturated carbocycles. The second-order valence-corrected chi connectivity index (χ2v) is 8.16. The Morgan fingerprint density at radius 1 is 1.10 bits per heavy atom. The summed E-state index contributed by atoms with van der Waals surface area (Å²) in [6, 6.07) is 13.4. The molecule has 4 N–H and O–H groups in total. The van der Waals surface area contributed by atoms with Gasteiger partial charge in [-0.2, -0.15) is 0 Å². The molecule has 0 spiro atoms. The van der Waals surface area contributed by atoms with E-state index in [1.165, 1.54) is 6.42 Å². The lowest BCUT2D eigenvalue weighted by molar-refractivity contribution is -0.134. The van der Waals surface area contributed by atoms with Crippen LogP contribution < -0.4 is 11.1 Å². The summed E-state index contributed by atoms with van der Waals surface area (Å²) in [6.07, 6.45) is 9.49. The van der Waals surface area contributed by atoms with Crippen LogP contribution in [0.25, 0.3) is 10.9 Å². The van der Waals surface area contributed by atoms with E-state index in [2.05, 4.69) is 15.3 Å². The Labute approximate surface area is 176 Å². The molecule has 0 radical (unpaired) electrons. The van der Waals surface area contributed by atoms with Gasteiger partial charge in [-0.3, -0.25) is 14.6 Å². The normalized spacial score (nSPS) is 16.8. The minimum absolute atomic E-state index is 0.205. The number of H-pyrrole nitrogens is 1. The van der Waals surface area contributed by atoms with Gasteiger partial charge in [-0.15, -0.1) is 0 Å². The Hall–Kier alpha value is -3.15. The van der Waals surface area contributed by atoms with Crippen LogP contribution in [0, 0.1) is 11.8 Å². The molecule has 30 heavy (non-hydrogen) atoms. The Bertz CT molecular complexity index is 1010. The molecule has 2 atom stereocenters. The molecule has 3 aromatic rings. The lowest BCUT2D eigenvalue weighted by Crippen LogP contribution is -2.43. The molecule has 2 aromatic heterocycles. The first-order valence-corrected chi connectivity index (χ1v) is 10.7. The topological polar surface area (TPSA) is 101 Å². The fourth-order valence-corrected chi connectivity index (χ4v) is 4.56. The first-order valence-electron chi connectivity index (χ1n) is 10.7. The predicted molar refractivity (Wildman–Crippen MR) is 116 cm³/mol. The van der Waals surface area contributed by atoms with E-state index in [0.29, 0.717) is 5.92 Å². The molecule has 0 saturated heterocycles. The number of amides is 2. The van der Waals surface area contributed by atoms with Gasteiger partial charge in [-0.1, -0.05) is 43.5 Å². The Morgan fingerprint density at radius 3 is 2.60 bits per heavy atom. The average molecular weight is 405 g/mol. The number of aromatic amines is 1. The molecule has 2 heterocycles. The molecule has 4 rings (SSSR count). The van der Waals surface area contributed by atoms with E-state index in [0.717, 1.165) is 47.8 Å².